The molecule has 2 aromatic rings. The highest BCUT2D eigenvalue weighted by atomic mass is 79.9. The Kier molecular flexibility index (Phi) is 4.53. The molecule has 0 bridgehead atoms. The minimum absolute atomic E-state index is 0.0334. The molecule has 1 saturated carbocycles. The maximum atomic E-state index is 13.3. The first-order valence-electron chi connectivity index (χ1n) is 7.31. The van der Waals surface area contributed by atoms with Gasteiger partial charge in [-0.25, -0.2) is 12.8 Å². The molecule has 1 fully saturated rings. The van der Waals surface area contributed by atoms with E-state index in [1.165, 1.54) is 16.4 Å². The van der Waals surface area contributed by atoms with Crippen LogP contribution in [0.2, 0.25) is 0 Å². The average Bonchev–Trinajstić information content (AvgIpc) is 3.32. The standard InChI is InChI=1S/C16H16BrFN2O2S/c1-11(15-4-2-3-9-19-15)20(13-6-7-13)23(21,22)16-8-5-12(18)10-14(16)17/h2-5,8-11,13H,6-7H2,1H3. The first-order chi connectivity index (χ1) is 10.9. The van der Waals surface area contributed by atoms with Crippen molar-refractivity contribution >= 4 is 26.0 Å². The molecule has 1 aliphatic rings. The van der Waals surface area contributed by atoms with Crippen LogP contribution in [0.25, 0.3) is 0 Å². The predicted molar refractivity (Wildman–Crippen MR) is 88.8 cm³/mol. The zero-order chi connectivity index (χ0) is 16.6. The van der Waals surface area contributed by atoms with Gasteiger partial charge in [0.25, 0.3) is 0 Å². The van der Waals surface area contributed by atoms with Crippen LogP contribution in [-0.2, 0) is 10.0 Å². The smallest absolute Gasteiger partial charge is 0.245 e. The zero-order valence-corrected chi connectivity index (χ0v) is 14.9. The van der Waals surface area contributed by atoms with Crippen LogP contribution in [0.4, 0.5) is 4.39 Å². The highest BCUT2D eigenvalue weighted by molar-refractivity contribution is 9.10. The number of hydrogen-bond acceptors (Lipinski definition) is 3. The SMILES string of the molecule is CC(c1ccccn1)N(C1CC1)S(=O)(=O)c1ccc(F)cc1Br. The number of sulfonamides is 1. The number of pyridine rings is 1. The number of aromatic nitrogens is 1. The Morgan fingerprint density at radius 1 is 1.30 bits per heavy atom. The van der Waals surface area contributed by atoms with E-state index in [1.54, 1.807) is 12.3 Å². The summed E-state index contributed by atoms with van der Waals surface area (Å²) in [6, 6.07) is 8.66. The lowest BCUT2D eigenvalue weighted by atomic mass is 10.2. The zero-order valence-electron chi connectivity index (χ0n) is 12.5. The second-order valence-corrected chi connectivity index (χ2v) is 8.24. The molecule has 0 spiro atoms. The van der Waals surface area contributed by atoms with Crippen LogP contribution in [0.1, 0.15) is 31.5 Å². The summed E-state index contributed by atoms with van der Waals surface area (Å²) in [7, 11) is -3.75. The number of halogens is 2. The predicted octanol–water partition coefficient (Wildman–Crippen LogP) is 3.90. The fraction of sp³-hybridized carbons (Fsp3) is 0.312. The molecular weight excluding hydrogens is 383 g/mol. The molecule has 3 rings (SSSR count). The van der Waals surface area contributed by atoms with Crippen LogP contribution in [0, 0.1) is 5.82 Å². The van der Waals surface area contributed by atoms with Gasteiger partial charge >= 0.3 is 0 Å². The molecule has 0 aliphatic heterocycles. The van der Waals surface area contributed by atoms with Crippen LogP contribution in [0.3, 0.4) is 0 Å². The molecular formula is C16H16BrFN2O2S. The highest BCUT2D eigenvalue weighted by Crippen LogP contribution is 2.40. The van der Waals surface area contributed by atoms with E-state index in [1.807, 2.05) is 19.1 Å². The Morgan fingerprint density at radius 3 is 2.61 bits per heavy atom. The fourth-order valence-electron chi connectivity index (χ4n) is 2.60. The van der Waals surface area contributed by atoms with Gasteiger partial charge in [0, 0.05) is 16.7 Å². The summed E-state index contributed by atoms with van der Waals surface area (Å²) in [5.74, 6) is -0.480. The number of benzene rings is 1. The van der Waals surface area contributed by atoms with Gasteiger partial charge in [-0.15, -0.1) is 0 Å². The molecule has 1 atom stereocenters. The summed E-state index contributed by atoms with van der Waals surface area (Å²) < 4.78 is 41.2. The molecule has 1 aliphatic carbocycles. The van der Waals surface area contributed by atoms with E-state index in [4.69, 9.17) is 0 Å². The van der Waals surface area contributed by atoms with Crippen molar-refractivity contribution in [1.29, 1.82) is 0 Å². The number of rotatable bonds is 5. The molecule has 122 valence electrons. The van der Waals surface area contributed by atoms with Crippen molar-refractivity contribution in [3.05, 3.63) is 58.6 Å². The van der Waals surface area contributed by atoms with E-state index >= 15 is 0 Å². The van der Waals surface area contributed by atoms with Gasteiger partial charge in [0.05, 0.1) is 16.6 Å². The van der Waals surface area contributed by atoms with Crippen LogP contribution in [0.15, 0.2) is 52.0 Å². The maximum absolute atomic E-state index is 13.3. The minimum atomic E-state index is -3.75. The largest absolute Gasteiger partial charge is 0.260 e. The van der Waals surface area contributed by atoms with Gasteiger partial charge in [-0.2, -0.15) is 4.31 Å². The summed E-state index contributed by atoms with van der Waals surface area (Å²) >= 11 is 3.16. The topological polar surface area (TPSA) is 50.3 Å². The third-order valence-electron chi connectivity index (χ3n) is 3.85. The third kappa shape index (κ3) is 3.32. The Balaban J connectivity index is 2.04. The highest BCUT2D eigenvalue weighted by Gasteiger charge is 2.42. The third-order valence-corrected chi connectivity index (χ3v) is 6.85. The second kappa shape index (κ2) is 6.30. The van der Waals surface area contributed by atoms with Crippen molar-refractivity contribution in [3.63, 3.8) is 0 Å². The van der Waals surface area contributed by atoms with E-state index in [0.29, 0.717) is 5.69 Å². The second-order valence-electron chi connectivity index (χ2n) is 5.57. The van der Waals surface area contributed by atoms with Gasteiger partial charge in [-0.3, -0.25) is 4.98 Å². The van der Waals surface area contributed by atoms with Crippen molar-refractivity contribution in [3.8, 4) is 0 Å². The van der Waals surface area contributed by atoms with Gasteiger partial charge in [-0.1, -0.05) is 6.07 Å². The molecule has 0 N–H and O–H groups in total. The van der Waals surface area contributed by atoms with E-state index in [-0.39, 0.29) is 21.5 Å². The summed E-state index contributed by atoms with van der Waals surface area (Å²) in [5.41, 5.74) is 0.696. The normalized spacial score (nSPS) is 16.5. The van der Waals surface area contributed by atoms with Crippen molar-refractivity contribution in [1.82, 2.24) is 9.29 Å². The molecule has 4 nitrogen and oxygen atoms in total. The van der Waals surface area contributed by atoms with E-state index in [2.05, 4.69) is 20.9 Å². The van der Waals surface area contributed by atoms with E-state index in [0.717, 1.165) is 18.9 Å². The Morgan fingerprint density at radius 2 is 2.04 bits per heavy atom. The van der Waals surface area contributed by atoms with Crippen LogP contribution >= 0.6 is 15.9 Å². The molecule has 1 heterocycles. The van der Waals surface area contributed by atoms with Crippen molar-refractivity contribution in [2.45, 2.75) is 36.7 Å². The lowest BCUT2D eigenvalue weighted by Gasteiger charge is -2.28. The molecule has 7 heteroatoms. The lowest BCUT2D eigenvalue weighted by molar-refractivity contribution is 0.328. The van der Waals surface area contributed by atoms with Gasteiger partial charge in [-0.05, 0) is 66.0 Å². The summed E-state index contributed by atoms with van der Waals surface area (Å²) in [4.78, 5) is 4.35. The molecule has 1 unspecified atom stereocenters. The maximum Gasteiger partial charge on any atom is 0.245 e. The Hall–Kier alpha value is -1.31. The Labute approximate surface area is 143 Å². The molecule has 1 aromatic heterocycles. The van der Waals surface area contributed by atoms with E-state index < -0.39 is 15.8 Å². The van der Waals surface area contributed by atoms with Gasteiger partial charge in [0.2, 0.25) is 10.0 Å². The monoisotopic (exact) mass is 398 g/mol. The average molecular weight is 399 g/mol. The molecule has 0 amide bonds. The minimum Gasteiger partial charge on any atom is -0.260 e. The quantitative estimate of drug-likeness (QED) is 0.767. The van der Waals surface area contributed by atoms with Crippen molar-refractivity contribution < 1.29 is 12.8 Å². The number of hydrogen-bond donors (Lipinski definition) is 0. The van der Waals surface area contributed by atoms with Gasteiger partial charge in [0.15, 0.2) is 0 Å². The summed E-state index contributed by atoms with van der Waals surface area (Å²) in [6.45, 7) is 1.83. The fourth-order valence-corrected chi connectivity index (χ4v) is 5.47. The van der Waals surface area contributed by atoms with Gasteiger partial charge < -0.3 is 0 Å². The molecule has 0 saturated heterocycles. The molecule has 1 aromatic carbocycles. The van der Waals surface area contributed by atoms with Crippen LogP contribution < -0.4 is 0 Å². The van der Waals surface area contributed by atoms with Gasteiger partial charge in [0.1, 0.15) is 5.82 Å². The first kappa shape index (κ1) is 16.5. The summed E-state index contributed by atoms with van der Waals surface area (Å²) in [5, 5.41) is 0. The molecule has 23 heavy (non-hydrogen) atoms. The Bertz CT molecular complexity index is 810. The van der Waals surface area contributed by atoms with Crippen molar-refractivity contribution in [2.24, 2.45) is 0 Å². The lowest BCUT2D eigenvalue weighted by Crippen LogP contribution is -2.36. The first-order valence-corrected chi connectivity index (χ1v) is 9.54. The van der Waals surface area contributed by atoms with E-state index in [9.17, 15) is 12.8 Å². The van der Waals surface area contributed by atoms with Crippen LogP contribution in [-0.4, -0.2) is 23.7 Å². The summed E-state index contributed by atoms with van der Waals surface area (Å²) in [6.07, 6.45) is 3.31. The molecule has 0 radical (unpaired) electrons. The van der Waals surface area contributed by atoms with Crippen LogP contribution in [0.5, 0.6) is 0 Å². The number of nitrogens with zero attached hydrogens (tertiary/aromatic N) is 2. The van der Waals surface area contributed by atoms with Crippen molar-refractivity contribution in [2.75, 3.05) is 0 Å².